The maximum atomic E-state index is 12.1. The lowest BCUT2D eigenvalue weighted by Gasteiger charge is -2.25. The minimum Gasteiger partial charge on any atom is -0.352 e. The Bertz CT molecular complexity index is 420. The standard InChI is InChI=1S/C14H19ClN2O.ClH/c1-10(11-4-2-5-12(15)8-11)14(18)17-13-6-3-7-16-9-13;/h2,4-5,8,10,13,16H,3,6-7,9H2,1H3,(H,17,18);1H/t10?,13-;/m0./s1. The fraction of sp³-hybridized carbons (Fsp3) is 0.500. The summed E-state index contributed by atoms with van der Waals surface area (Å²) in [4.78, 5) is 12.1. The fourth-order valence-corrected chi connectivity index (χ4v) is 2.43. The SMILES string of the molecule is CC(C(=O)N[C@H]1CCCNC1)c1cccc(Cl)c1.Cl. The Morgan fingerprint density at radius 2 is 2.32 bits per heavy atom. The molecule has 1 heterocycles. The molecule has 1 amide bonds. The summed E-state index contributed by atoms with van der Waals surface area (Å²) in [6.07, 6.45) is 2.18. The molecule has 0 bridgehead atoms. The molecule has 0 spiro atoms. The quantitative estimate of drug-likeness (QED) is 0.901. The monoisotopic (exact) mass is 302 g/mol. The van der Waals surface area contributed by atoms with E-state index in [0.29, 0.717) is 5.02 Å². The van der Waals surface area contributed by atoms with Crippen LogP contribution in [0.5, 0.6) is 0 Å². The number of halogens is 2. The van der Waals surface area contributed by atoms with Crippen LogP contribution >= 0.6 is 24.0 Å². The molecule has 2 rings (SSSR count). The van der Waals surface area contributed by atoms with Crippen LogP contribution in [0.3, 0.4) is 0 Å². The van der Waals surface area contributed by atoms with Gasteiger partial charge in [0.2, 0.25) is 5.91 Å². The Balaban J connectivity index is 0.00000180. The average Bonchev–Trinajstić information content (AvgIpc) is 2.39. The van der Waals surface area contributed by atoms with Gasteiger partial charge in [-0.1, -0.05) is 23.7 Å². The van der Waals surface area contributed by atoms with Gasteiger partial charge >= 0.3 is 0 Å². The molecule has 0 aromatic heterocycles. The highest BCUT2D eigenvalue weighted by atomic mass is 35.5. The van der Waals surface area contributed by atoms with Gasteiger partial charge in [-0.2, -0.15) is 0 Å². The Morgan fingerprint density at radius 1 is 1.53 bits per heavy atom. The van der Waals surface area contributed by atoms with Crippen LogP contribution in [0.4, 0.5) is 0 Å². The summed E-state index contributed by atoms with van der Waals surface area (Å²) < 4.78 is 0. The zero-order valence-corrected chi connectivity index (χ0v) is 12.6. The van der Waals surface area contributed by atoms with Gasteiger partial charge in [0, 0.05) is 17.6 Å². The van der Waals surface area contributed by atoms with E-state index in [4.69, 9.17) is 11.6 Å². The van der Waals surface area contributed by atoms with Crippen molar-refractivity contribution in [1.82, 2.24) is 10.6 Å². The molecule has 106 valence electrons. The molecule has 2 atom stereocenters. The van der Waals surface area contributed by atoms with Crippen molar-refractivity contribution in [1.29, 1.82) is 0 Å². The summed E-state index contributed by atoms with van der Waals surface area (Å²) in [5, 5.41) is 7.06. The Labute approximate surface area is 125 Å². The highest BCUT2D eigenvalue weighted by Gasteiger charge is 2.20. The van der Waals surface area contributed by atoms with Crippen LogP contribution in [-0.4, -0.2) is 25.0 Å². The van der Waals surface area contributed by atoms with Gasteiger partial charge in [0.1, 0.15) is 0 Å². The number of rotatable bonds is 3. The van der Waals surface area contributed by atoms with Crippen molar-refractivity contribution in [3.05, 3.63) is 34.9 Å². The van der Waals surface area contributed by atoms with Gasteiger partial charge in [0.25, 0.3) is 0 Å². The molecule has 1 saturated heterocycles. The molecule has 1 aromatic carbocycles. The van der Waals surface area contributed by atoms with Gasteiger partial charge < -0.3 is 10.6 Å². The molecule has 2 N–H and O–H groups in total. The minimum atomic E-state index is -0.161. The third kappa shape index (κ3) is 4.68. The van der Waals surface area contributed by atoms with E-state index in [9.17, 15) is 4.79 Å². The lowest BCUT2D eigenvalue weighted by molar-refractivity contribution is -0.123. The largest absolute Gasteiger partial charge is 0.352 e. The van der Waals surface area contributed by atoms with Crippen molar-refractivity contribution in [3.63, 3.8) is 0 Å². The number of piperidine rings is 1. The molecule has 0 radical (unpaired) electrons. The van der Waals surface area contributed by atoms with Gasteiger partial charge in [-0.25, -0.2) is 0 Å². The van der Waals surface area contributed by atoms with Crippen molar-refractivity contribution in [3.8, 4) is 0 Å². The van der Waals surface area contributed by atoms with Crippen LogP contribution in [0.1, 0.15) is 31.2 Å². The van der Waals surface area contributed by atoms with Crippen molar-refractivity contribution < 1.29 is 4.79 Å². The topological polar surface area (TPSA) is 41.1 Å². The van der Waals surface area contributed by atoms with Crippen molar-refractivity contribution in [2.75, 3.05) is 13.1 Å². The summed E-state index contributed by atoms with van der Waals surface area (Å²) in [7, 11) is 0. The predicted molar refractivity (Wildman–Crippen MR) is 81.1 cm³/mol. The van der Waals surface area contributed by atoms with Crippen LogP contribution in [0.15, 0.2) is 24.3 Å². The van der Waals surface area contributed by atoms with E-state index >= 15 is 0 Å². The molecule has 0 saturated carbocycles. The summed E-state index contributed by atoms with van der Waals surface area (Å²) in [5.74, 6) is -0.0865. The first-order chi connectivity index (χ1) is 8.66. The van der Waals surface area contributed by atoms with Gasteiger partial charge in [-0.05, 0) is 44.0 Å². The summed E-state index contributed by atoms with van der Waals surface area (Å²) in [5.41, 5.74) is 0.962. The normalized spacial score (nSPS) is 20.2. The number of hydrogen-bond acceptors (Lipinski definition) is 2. The molecular formula is C14H20Cl2N2O. The summed E-state index contributed by atoms with van der Waals surface area (Å²) >= 11 is 5.94. The first-order valence-electron chi connectivity index (χ1n) is 6.43. The smallest absolute Gasteiger partial charge is 0.227 e. The maximum Gasteiger partial charge on any atom is 0.227 e. The molecular weight excluding hydrogens is 283 g/mol. The molecule has 1 aliphatic rings. The van der Waals surface area contributed by atoms with Gasteiger partial charge in [0.05, 0.1) is 5.92 Å². The number of amides is 1. The number of hydrogen-bond donors (Lipinski definition) is 2. The zero-order chi connectivity index (χ0) is 13.0. The summed E-state index contributed by atoms with van der Waals surface area (Å²) in [6, 6.07) is 7.75. The minimum absolute atomic E-state index is 0. The van der Waals surface area contributed by atoms with Crippen molar-refractivity contribution >= 4 is 29.9 Å². The van der Waals surface area contributed by atoms with E-state index < -0.39 is 0 Å². The fourth-order valence-electron chi connectivity index (χ4n) is 2.23. The first-order valence-corrected chi connectivity index (χ1v) is 6.81. The van der Waals surface area contributed by atoms with E-state index in [2.05, 4.69) is 10.6 Å². The van der Waals surface area contributed by atoms with Crippen LogP contribution in [0, 0.1) is 0 Å². The van der Waals surface area contributed by atoms with Gasteiger partial charge in [-0.15, -0.1) is 12.4 Å². The van der Waals surface area contributed by atoms with Crippen LogP contribution < -0.4 is 10.6 Å². The number of nitrogens with one attached hydrogen (secondary N) is 2. The van der Waals surface area contributed by atoms with E-state index in [0.717, 1.165) is 31.5 Å². The molecule has 1 aliphatic heterocycles. The van der Waals surface area contributed by atoms with Crippen LogP contribution in [-0.2, 0) is 4.79 Å². The second-order valence-corrected chi connectivity index (χ2v) is 5.26. The lowest BCUT2D eigenvalue weighted by atomic mass is 9.99. The predicted octanol–water partition coefficient (Wildman–Crippen LogP) is 2.73. The number of carbonyl (C=O) groups is 1. The molecule has 3 nitrogen and oxygen atoms in total. The molecule has 1 aromatic rings. The van der Waals surface area contributed by atoms with Gasteiger partial charge in [0.15, 0.2) is 0 Å². The molecule has 19 heavy (non-hydrogen) atoms. The summed E-state index contributed by atoms with van der Waals surface area (Å²) in [6.45, 7) is 3.83. The molecule has 0 aliphatic carbocycles. The van der Waals surface area contributed by atoms with Crippen LogP contribution in [0.25, 0.3) is 0 Å². The molecule has 1 fully saturated rings. The van der Waals surface area contributed by atoms with Gasteiger partial charge in [-0.3, -0.25) is 4.79 Å². The second-order valence-electron chi connectivity index (χ2n) is 4.83. The highest BCUT2D eigenvalue weighted by Crippen LogP contribution is 2.19. The first kappa shape index (κ1) is 16.3. The van der Waals surface area contributed by atoms with E-state index in [-0.39, 0.29) is 30.3 Å². The lowest BCUT2D eigenvalue weighted by Crippen LogP contribution is -2.46. The highest BCUT2D eigenvalue weighted by molar-refractivity contribution is 6.30. The molecule has 1 unspecified atom stereocenters. The third-order valence-electron chi connectivity index (χ3n) is 3.39. The average molecular weight is 303 g/mol. The zero-order valence-electron chi connectivity index (χ0n) is 11.0. The Hall–Kier alpha value is -0.770. The van der Waals surface area contributed by atoms with E-state index in [1.54, 1.807) is 0 Å². The number of carbonyl (C=O) groups excluding carboxylic acids is 1. The van der Waals surface area contributed by atoms with E-state index in [1.165, 1.54) is 0 Å². The Morgan fingerprint density at radius 3 is 2.95 bits per heavy atom. The van der Waals surface area contributed by atoms with Crippen molar-refractivity contribution in [2.45, 2.75) is 31.7 Å². The second kappa shape index (κ2) is 7.73. The number of benzene rings is 1. The van der Waals surface area contributed by atoms with E-state index in [1.807, 2.05) is 31.2 Å². The Kier molecular flexibility index (Phi) is 6.63. The maximum absolute atomic E-state index is 12.1. The molecule has 5 heteroatoms. The third-order valence-corrected chi connectivity index (χ3v) is 3.62. The van der Waals surface area contributed by atoms with Crippen LogP contribution in [0.2, 0.25) is 5.02 Å². The van der Waals surface area contributed by atoms with Crippen molar-refractivity contribution in [2.24, 2.45) is 0 Å².